The number of terminal acetylenes is 1. The van der Waals surface area contributed by atoms with E-state index in [2.05, 4.69) is 10.7 Å². The molecule has 0 aliphatic carbocycles. The molecule has 2 rings (SSSR count). The highest BCUT2D eigenvalue weighted by Crippen LogP contribution is 2.25. The van der Waals surface area contributed by atoms with Gasteiger partial charge in [0.2, 0.25) is 0 Å². The molecule has 0 fully saturated rings. The smallest absolute Gasteiger partial charge is 0.329 e. The van der Waals surface area contributed by atoms with E-state index in [0.717, 1.165) is 11.1 Å². The first-order valence-electron chi connectivity index (χ1n) is 8.22. The van der Waals surface area contributed by atoms with E-state index in [-0.39, 0.29) is 26.1 Å². The summed E-state index contributed by atoms with van der Waals surface area (Å²) in [6.07, 6.45) is 5.76. The van der Waals surface area contributed by atoms with Gasteiger partial charge < -0.3 is 19.3 Å². The summed E-state index contributed by atoms with van der Waals surface area (Å²) < 4.78 is 9.49. The van der Waals surface area contributed by atoms with E-state index in [1.54, 1.807) is 0 Å². The van der Waals surface area contributed by atoms with Crippen molar-refractivity contribution in [3.8, 4) is 12.3 Å². The molecule has 1 atom stereocenters. The minimum Gasteiger partial charge on any atom is -0.469 e. The number of fused-ring (bicyclic) bond motifs is 1. The maximum absolute atomic E-state index is 13.0. The van der Waals surface area contributed by atoms with Gasteiger partial charge in [-0.05, 0) is 11.1 Å². The highest BCUT2D eigenvalue weighted by atomic mass is 16.5. The zero-order chi connectivity index (χ0) is 19.1. The molecular weight excluding hydrogens is 336 g/mol. The molecule has 1 aromatic carbocycles. The minimum absolute atomic E-state index is 0.0250. The number of urea groups is 1. The molecular formula is C19H22N2O5. The van der Waals surface area contributed by atoms with Gasteiger partial charge in [-0.3, -0.25) is 4.79 Å². The van der Waals surface area contributed by atoms with Gasteiger partial charge in [0.1, 0.15) is 6.04 Å². The van der Waals surface area contributed by atoms with Gasteiger partial charge in [0.05, 0.1) is 27.2 Å². The fraction of sp³-hybridized carbons (Fsp3) is 0.421. The molecule has 1 heterocycles. The second kappa shape index (κ2) is 8.90. The molecule has 0 unspecified atom stereocenters. The number of methoxy groups -OCH3 is 2. The second-order valence-corrected chi connectivity index (χ2v) is 5.87. The lowest BCUT2D eigenvalue weighted by atomic mass is 9.94. The monoisotopic (exact) mass is 358 g/mol. The number of nitrogens with zero attached hydrogens (tertiary/aromatic N) is 2. The Bertz CT molecular complexity index is 725. The summed E-state index contributed by atoms with van der Waals surface area (Å²) in [6, 6.07) is 6.49. The summed E-state index contributed by atoms with van der Waals surface area (Å²) in [5, 5.41) is 0. The van der Waals surface area contributed by atoms with Gasteiger partial charge in [-0.15, -0.1) is 6.42 Å². The molecule has 0 aromatic heterocycles. The van der Waals surface area contributed by atoms with Crippen LogP contribution in [0.5, 0.6) is 0 Å². The molecule has 1 aliphatic heterocycles. The molecule has 0 saturated carbocycles. The van der Waals surface area contributed by atoms with Crippen LogP contribution in [0.1, 0.15) is 17.5 Å². The quantitative estimate of drug-likeness (QED) is 0.584. The highest BCUT2D eigenvalue weighted by molar-refractivity contribution is 5.85. The molecule has 0 bridgehead atoms. The predicted octanol–water partition coefficient (Wildman–Crippen LogP) is 1.20. The number of esters is 2. The number of amides is 2. The van der Waals surface area contributed by atoms with E-state index in [9.17, 15) is 14.4 Å². The first-order valence-corrected chi connectivity index (χ1v) is 8.22. The molecule has 0 spiro atoms. The predicted molar refractivity (Wildman–Crippen MR) is 93.9 cm³/mol. The van der Waals surface area contributed by atoms with Crippen LogP contribution in [0, 0.1) is 12.3 Å². The molecule has 1 aromatic rings. The average Bonchev–Trinajstić information content (AvgIpc) is 2.68. The molecule has 7 nitrogen and oxygen atoms in total. The maximum Gasteiger partial charge on any atom is 0.329 e. The Morgan fingerprint density at radius 1 is 1.23 bits per heavy atom. The first kappa shape index (κ1) is 19.3. The van der Waals surface area contributed by atoms with Crippen molar-refractivity contribution >= 4 is 18.0 Å². The summed E-state index contributed by atoms with van der Waals surface area (Å²) in [5.74, 6) is 1.50. The largest absolute Gasteiger partial charge is 0.469 e. The Morgan fingerprint density at radius 3 is 2.54 bits per heavy atom. The van der Waals surface area contributed by atoms with E-state index in [1.165, 1.54) is 24.0 Å². The van der Waals surface area contributed by atoms with Crippen LogP contribution < -0.4 is 0 Å². The average molecular weight is 358 g/mol. The van der Waals surface area contributed by atoms with E-state index in [1.807, 2.05) is 24.3 Å². The van der Waals surface area contributed by atoms with E-state index < -0.39 is 24.0 Å². The third-order valence-electron chi connectivity index (χ3n) is 4.33. The minimum atomic E-state index is -0.735. The molecule has 7 heteroatoms. The maximum atomic E-state index is 13.0. The summed E-state index contributed by atoms with van der Waals surface area (Å²) in [5.41, 5.74) is 1.97. The summed E-state index contributed by atoms with van der Waals surface area (Å²) in [6.45, 7) is 0.414. The van der Waals surface area contributed by atoms with Gasteiger partial charge in [-0.25, -0.2) is 9.59 Å². The Balaban J connectivity index is 2.25. The summed E-state index contributed by atoms with van der Waals surface area (Å²) in [4.78, 5) is 39.5. The number of rotatable bonds is 5. The number of hydrogen-bond acceptors (Lipinski definition) is 5. The van der Waals surface area contributed by atoms with Crippen molar-refractivity contribution in [3.63, 3.8) is 0 Å². The van der Waals surface area contributed by atoms with Crippen molar-refractivity contribution < 1.29 is 23.9 Å². The van der Waals surface area contributed by atoms with Crippen LogP contribution >= 0.6 is 0 Å². The lowest BCUT2D eigenvalue weighted by molar-refractivity contribution is -0.147. The van der Waals surface area contributed by atoms with Crippen molar-refractivity contribution in [2.45, 2.75) is 25.4 Å². The fourth-order valence-electron chi connectivity index (χ4n) is 2.93. The summed E-state index contributed by atoms with van der Waals surface area (Å²) in [7, 11) is 2.58. The normalized spacial score (nSPS) is 15.4. The van der Waals surface area contributed by atoms with Crippen molar-refractivity contribution in [3.05, 3.63) is 35.4 Å². The number of hydrogen-bond donors (Lipinski definition) is 0. The number of carbonyl (C=O) groups excluding carboxylic acids is 3. The Hall–Kier alpha value is -3.01. The second-order valence-electron chi connectivity index (χ2n) is 5.87. The van der Waals surface area contributed by atoms with Crippen LogP contribution in [-0.2, 0) is 32.0 Å². The Labute approximate surface area is 152 Å². The fourth-order valence-corrected chi connectivity index (χ4v) is 2.93. The van der Waals surface area contributed by atoms with Gasteiger partial charge >= 0.3 is 18.0 Å². The van der Waals surface area contributed by atoms with Crippen molar-refractivity contribution in [1.82, 2.24) is 9.80 Å². The third kappa shape index (κ3) is 4.33. The molecule has 0 saturated heterocycles. The lowest BCUT2D eigenvalue weighted by Crippen LogP contribution is -2.54. The highest BCUT2D eigenvalue weighted by Gasteiger charge is 2.37. The lowest BCUT2D eigenvalue weighted by Gasteiger charge is -2.38. The van der Waals surface area contributed by atoms with E-state index >= 15 is 0 Å². The Kier molecular flexibility index (Phi) is 6.61. The van der Waals surface area contributed by atoms with Gasteiger partial charge in [-0.1, -0.05) is 30.2 Å². The van der Waals surface area contributed by atoms with Crippen LogP contribution in [0.15, 0.2) is 24.3 Å². The van der Waals surface area contributed by atoms with Gasteiger partial charge in [-0.2, -0.15) is 0 Å². The Morgan fingerprint density at radius 2 is 1.92 bits per heavy atom. The van der Waals surface area contributed by atoms with E-state index in [4.69, 9.17) is 11.2 Å². The van der Waals surface area contributed by atoms with Gasteiger partial charge in [0.15, 0.2) is 0 Å². The van der Waals surface area contributed by atoms with Crippen molar-refractivity contribution in [2.75, 3.05) is 27.3 Å². The van der Waals surface area contributed by atoms with E-state index in [0.29, 0.717) is 6.42 Å². The molecule has 2 amide bonds. The molecule has 1 aliphatic rings. The number of carbonyl (C=O) groups is 3. The van der Waals surface area contributed by atoms with Crippen molar-refractivity contribution in [1.29, 1.82) is 0 Å². The number of ether oxygens (including phenoxy) is 2. The van der Waals surface area contributed by atoms with Crippen LogP contribution in [0.3, 0.4) is 0 Å². The molecule has 0 N–H and O–H groups in total. The van der Waals surface area contributed by atoms with Gasteiger partial charge in [0.25, 0.3) is 0 Å². The zero-order valence-corrected chi connectivity index (χ0v) is 14.9. The van der Waals surface area contributed by atoms with Crippen molar-refractivity contribution in [2.24, 2.45) is 0 Å². The third-order valence-corrected chi connectivity index (χ3v) is 4.33. The molecule has 0 radical (unpaired) electrons. The summed E-state index contributed by atoms with van der Waals surface area (Å²) >= 11 is 0. The van der Waals surface area contributed by atoms with Crippen LogP contribution in [-0.4, -0.2) is 61.1 Å². The SMILES string of the molecule is C#CCN(CCC(=O)OC)C(=O)N1Cc2ccccc2C[C@H]1C(=O)OC. The topological polar surface area (TPSA) is 76.2 Å². The van der Waals surface area contributed by atoms with Crippen LogP contribution in [0.4, 0.5) is 4.79 Å². The first-order chi connectivity index (χ1) is 12.5. The van der Waals surface area contributed by atoms with Gasteiger partial charge in [0, 0.05) is 19.5 Å². The standard InChI is InChI=1S/C19H22N2O5/c1-4-10-20(11-9-17(22)25-2)19(24)21-13-15-8-6-5-7-14(15)12-16(21)18(23)26-3/h1,5-8,16H,9-13H2,2-3H3/t16-/m0/s1. The molecule has 26 heavy (non-hydrogen) atoms. The molecule has 138 valence electrons. The van der Waals surface area contributed by atoms with Crippen LogP contribution in [0.25, 0.3) is 0 Å². The zero-order valence-electron chi connectivity index (χ0n) is 14.9. The van der Waals surface area contributed by atoms with Crippen LogP contribution in [0.2, 0.25) is 0 Å². The number of benzene rings is 1.